The monoisotopic (exact) mass is 362 g/mol. The highest BCUT2D eigenvalue weighted by Crippen LogP contribution is 2.26. The number of pyridine rings is 1. The van der Waals surface area contributed by atoms with E-state index in [-0.39, 0.29) is 22.8 Å². The summed E-state index contributed by atoms with van der Waals surface area (Å²) in [4.78, 5) is 36.2. The molecule has 1 fully saturated rings. The number of carbonyl (C=O) groups is 1. The third kappa shape index (κ3) is 3.23. The molecule has 0 aliphatic carbocycles. The van der Waals surface area contributed by atoms with Crippen molar-refractivity contribution >= 4 is 16.8 Å². The fourth-order valence-electron chi connectivity index (χ4n) is 3.87. The van der Waals surface area contributed by atoms with Gasteiger partial charge in [0.05, 0.1) is 5.52 Å². The molecule has 6 nitrogen and oxygen atoms in total. The molecule has 2 aromatic heterocycles. The summed E-state index contributed by atoms with van der Waals surface area (Å²) in [5, 5.41) is 0.590. The van der Waals surface area contributed by atoms with Crippen molar-refractivity contribution in [2.45, 2.75) is 25.7 Å². The number of rotatable bonds is 2. The first-order valence-corrected chi connectivity index (χ1v) is 9.20. The van der Waals surface area contributed by atoms with E-state index in [1.807, 2.05) is 42.8 Å². The number of piperidine rings is 1. The molecule has 1 aliphatic heterocycles. The van der Waals surface area contributed by atoms with Gasteiger partial charge in [-0.2, -0.15) is 0 Å². The quantitative estimate of drug-likeness (QED) is 0.703. The maximum Gasteiger partial charge on any atom is 0.259 e. The Hall–Kier alpha value is -3.02. The van der Waals surface area contributed by atoms with Crippen molar-refractivity contribution in [1.82, 2.24) is 19.4 Å². The van der Waals surface area contributed by atoms with Crippen molar-refractivity contribution < 1.29 is 4.79 Å². The van der Waals surface area contributed by atoms with Crippen LogP contribution in [0.3, 0.4) is 0 Å². The van der Waals surface area contributed by atoms with Crippen LogP contribution in [0, 0.1) is 6.92 Å². The third-order valence-corrected chi connectivity index (χ3v) is 5.31. The van der Waals surface area contributed by atoms with Crippen LogP contribution in [0.2, 0.25) is 0 Å². The van der Waals surface area contributed by atoms with Crippen molar-refractivity contribution in [2.24, 2.45) is 7.05 Å². The van der Waals surface area contributed by atoms with E-state index in [4.69, 9.17) is 0 Å². The largest absolute Gasteiger partial charge is 0.350 e. The fourth-order valence-corrected chi connectivity index (χ4v) is 3.87. The van der Waals surface area contributed by atoms with Gasteiger partial charge in [-0.15, -0.1) is 0 Å². The summed E-state index contributed by atoms with van der Waals surface area (Å²) in [5.41, 5.74) is 2.83. The van der Waals surface area contributed by atoms with Gasteiger partial charge in [0.2, 0.25) is 5.43 Å². The number of aromatic nitrogens is 3. The van der Waals surface area contributed by atoms with Gasteiger partial charge in [0, 0.05) is 49.5 Å². The van der Waals surface area contributed by atoms with Crippen LogP contribution >= 0.6 is 0 Å². The summed E-state index contributed by atoms with van der Waals surface area (Å²) >= 11 is 0. The fraction of sp³-hybridized carbons (Fsp3) is 0.333. The molecule has 0 unspecified atom stereocenters. The Balaban J connectivity index is 1.68. The Labute approximate surface area is 157 Å². The first-order chi connectivity index (χ1) is 13.0. The molecule has 6 heteroatoms. The number of nitrogens with zero attached hydrogens (tertiary/aromatic N) is 4. The molecule has 27 heavy (non-hydrogen) atoms. The highest BCUT2D eigenvalue weighted by atomic mass is 16.2. The average Bonchev–Trinajstić information content (AvgIpc) is 2.71. The van der Waals surface area contributed by atoms with Crippen molar-refractivity contribution in [3.05, 3.63) is 70.0 Å². The molecular formula is C21H22N4O2. The topological polar surface area (TPSA) is 68.1 Å². The van der Waals surface area contributed by atoms with E-state index >= 15 is 0 Å². The van der Waals surface area contributed by atoms with Gasteiger partial charge in [-0.3, -0.25) is 9.59 Å². The number of fused-ring (bicyclic) bond motifs is 1. The van der Waals surface area contributed by atoms with Crippen LogP contribution in [0.25, 0.3) is 10.9 Å². The summed E-state index contributed by atoms with van der Waals surface area (Å²) in [6.07, 6.45) is 6.81. The van der Waals surface area contributed by atoms with Crippen molar-refractivity contribution in [3.8, 4) is 0 Å². The molecule has 1 saturated heterocycles. The Morgan fingerprint density at radius 2 is 2.11 bits per heavy atom. The van der Waals surface area contributed by atoms with E-state index < -0.39 is 0 Å². The van der Waals surface area contributed by atoms with Crippen LogP contribution in [0.15, 0.2) is 47.8 Å². The van der Waals surface area contributed by atoms with E-state index in [0.29, 0.717) is 18.5 Å². The third-order valence-electron chi connectivity index (χ3n) is 5.31. The second-order valence-corrected chi connectivity index (χ2v) is 7.23. The second kappa shape index (κ2) is 6.95. The minimum atomic E-state index is -0.197. The molecular weight excluding hydrogens is 340 g/mol. The van der Waals surface area contributed by atoms with E-state index in [0.717, 1.165) is 29.6 Å². The Morgan fingerprint density at radius 1 is 1.26 bits per heavy atom. The molecule has 1 aromatic carbocycles. The predicted molar refractivity (Wildman–Crippen MR) is 104 cm³/mol. The molecule has 0 N–H and O–H groups in total. The summed E-state index contributed by atoms with van der Waals surface area (Å²) < 4.78 is 1.86. The molecule has 0 bridgehead atoms. The number of hydrogen-bond acceptors (Lipinski definition) is 4. The first-order valence-electron chi connectivity index (χ1n) is 9.20. The van der Waals surface area contributed by atoms with E-state index in [1.54, 1.807) is 17.3 Å². The SMILES string of the molecule is Cc1ccc2c(c1)c(=O)c(C(=O)N1CCC[C@@H](c3ccncn3)C1)cn2C. The summed E-state index contributed by atoms with van der Waals surface area (Å²) in [6.45, 7) is 3.19. The zero-order chi connectivity index (χ0) is 19.0. The first kappa shape index (κ1) is 17.4. The number of benzene rings is 1. The van der Waals surface area contributed by atoms with Gasteiger partial charge in [0.25, 0.3) is 5.91 Å². The standard InChI is InChI=1S/C21H22N4O2/c1-14-5-6-19-16(10-14)20(26)17(12-24(19)2)21(27)25-9-3-4-15(11-25)18-7-8-22-13-23-18/h5-8,10,12-13,15H,3-4,9,11H2,1-2H3/t15-/m1/s1. The summed E-state index contributed by atoms with van der Waals surface area (Å²) in [7, 11) is 1.87. The predicted octanol–water partition coefficient (Wildman–Crippen LogP) is 2.66. The minimum Gasteiger partial charge on any atom is -0.350 e. The molecule has 0 radical (unpaired) electrons. The number of amides is 1. The van der Waals surface area contributed by atoms with Crippen LogP contribution in [-0.4, -0.2) is 38.4 Å². The minimum absolute atomic E-state index is 0.178. The number of likely N-dealkylation sites (tertiary alicyclic amines) is 1. The molecule has 138 valence electrons. The summed E-state index contributed by atoms with van der Waals surface area (Å²) in [5.74, 6) is -0.0185. The number of hydrogen-bond donors (Lipinski definition) is 0. The summed E-state index contributed by atoms with van der Waals surface area (Å²) in [6, 6.07) is 7.65. The van der Waals surface area contributed by atoms with E-state index in [9.17, 15) is 9.59 Å². The zero-order valence-electron chi connectivity index (χ0n) is 15.6. The molecule has 0 spiro atoms. The second-order valence-electron chi connectivity index (χ2n) is 7.23. The van der Waals surface area contributed by atoms with E-state index in [2.05, 4.69) is 9.97 Å². The van der Waals surface area contributed by atoms with Crippen LogP contribution in [0.5, 0.6) is 0 Å². The molecule has 3 heterocycles. The number of carbonyl (C=O) groups excluding carboxylic acids is 1. The van der Waals surface area contributed by atoms with Gasteiger partial charge in [0.1, 0.15) is 11.9 Å². The maximum absolute atomic E-state index is 13.2. The normalized spacial score (nSPS) is 17.3. The molecule has 4 rings (SSSR count). The Bertz CT molecular complexity index is 1060. The van der Waals surface area contributed by atoms with Gasteiger partial charge >= 0.3 is 0 Å². The highest BCUT2D eigenvalue weighted by Gasteiger charge is 2.28. The van der Waals surface area contributed by atoms with Crippen LogP contribution < -0.4 is 5.43 Å². The van der Waals surface area contributed by atoms with E-state index in [1.165, 1.54) is 6.33 Å². The Morgan fingerprint density at radius 3 is 2.89 bits per heavy atom. The lowest BCUT2D eigenvalue weighted by atomic mass is 9.94. The maximum atomic E-state index is 13.2. The van der Waals surface area contributed by atoms with Crippen molar-refractivity contribution in [2.75, 3.05) is 13.1 Å². The molecule has 3 aromatic rings. The van der Waals surface area contributed by atoms with Gasteiger partial charge in [0.15, 0.2) is 0 Å². The lowest BCUT2D eigenvalue weighted by Gasteiger charge is -2.32. The van der Waals surface area contributed by atoms with Gasteiger partial charge in [-0.25, -0.2) is 9.97 Å². The molecule has 1 amide bonds. The lowest BCUT2D eigenvalue weighted by molar-refractivity contribution is 0.0704. The smallest absolute Gasteiger partial charge is 0.259 e. The zero-order valence-corrected chi connectivity index (χ0v) is 15.6. The van der Waals surface area contributed by atoms with Gasteiger partial charge in [-0.1, -0.05) is 11.6 Å². The van der Waals surface area contributed by atoms with Gasteiger partial charge in [-0.05, 0) is 38.0 Å². The van der Waals surface area contributed by atoms with Crippen LogP contribution in [0.4, 0.5) is 0 Å². The molecule has 0 saturated carbocycles. The van der Waals surface area contributed by atoms with Gasteiger partial charge < -0.3 is 9.47 Å². The molecule has 1 aliphatic rings. The van der Waals surface area contributed by atoms with Crippen LogP contribution in [-0.2, 0) is 7.05 Å². The Kier molecular flexibility index (Phi) is 4.48. The molecule has 1 atom stereocenters. The van der Waals surface area contributed by atoms with Crippen molar-refractivity contribution in [1.29, 1.82) is 0 Å². The highest BCUT2D eigenvalue weighted by molar-refractivity contribution is 5.97. The average molecular weight is 362 g/mol. The number of aryl methyl sites for hydroxylation is 2. The van der Waals surface area contributed by atoms with Crippen LogP contribution in [0.1, 0.15) is 40.4 Å². The van der Waals surface area contributed by atoms with Crippen molar-refractivity contribution in [3.63, 3.8) is 0 Å². The lowest BCUT2D eigenvalue weighted by Crippen LogP contribution is -2.41.